The molecule has 0 fully saturated rings. The van der Waals surface area contributed by atoms with Crippen molar-refractivity contribution in [1.29, 1.82) is 0 Å². The average molecular weight is 450 g/mol. The van der Waals surface area contributed by atoms with E-state index in [4.69, 9.17) is 21.1 Å². The Hall–Kier alpha value is -2.70. The normalized spacial score (nSPS) is 19.0. The van der Waals surface area contributed by atoms with Gasteiger partial charge >= 0.3 is 5.97 Å². The van der Waals surface area contributed by atoms with Crippen molar-refractivity contribution < 1.29 is 23.5 Å². The summed E-state index contributed by atoms with van der Waals surface area (Å²) < 4.78 is 23.3. The minimum Gasteiger partial charge on any atom is -0.457 e. The van der Waals surface area contributed by atoms with E-state index >= 15 is 0 Å². The monoisotopic (exact) mass is 449 g/mol. The summed E-state index contributed by atoms with van der Waals surface area (Å²) in [7, 11) is 1.58. The molecule has 0 radical (unpaired) electrons. The number of amides is 1. The standard InChI is InChI=1S/C24H29ClFNO4/c1-6-9-19(11-8-13-30-5)15-31-24(29)23-18(4)27-22(28)14-20(23)17(3)21(25)12-7-10-16(2)26/h6-12,17,20H,1-2,13-15H2,3-5H3,(H,27,28)/b10-7-,11-8-,19-9+,21-12+. The molecule has 0 aliphatic carbocycles. The van der Waals surface area contributed by atoms with E-state index in [1.807, 2.05) is 0 Å². The quantitative estimate of drug-likeness (QED) is 0.354. The van der Waals surface area contributed by atoms with Gasteiger partial charge in [-0.15, -0.1) is 0 Å². The number of hydrogen-bond acceptors (Lipinski definition) is 4. The fraction of sp³-hybridized carbons (Fsp3) is 0.333. The molecule has 7 heteroatoms. The first-order valence-corrected chi connectivity index (χ1v) is 10.1. The van der Waals surface area contributed by atoms with Crippen molar-refractivity contribution in [2.24, 2.45) is 11.8 Å². The molecule has 1 aliphatic rings. The van der Waals surface area contributed by atoms with Gasteiger partial charge in [0.15, 0.2) is 0 Å². The number of allylic oxidation sites excluding steroid dienone is 8. The van der Waals surface area contributed by atoms with Crippen LogP contribution in [0.5, 0.6) is 0 Å². The molecule has 1 N–H and O–H groups in total. The number of halogens is 2. The third kappa shape index (κ3) is 8.90. The van der Waals surface area contributed by atoms with Gasteiger partial charge < -0.3 is 14.8 Å². The van der Waals surface area contributed by atoms with Crippen molar-refractivity contribution in [2.45, 2.75) is 20.3 Å². The molecule has 0 saturated carbocycles. The minimum absolute atomic E-state index is 0.0296. The lowest BCUT2D eigenvalue weighted by atomic mass is 9.80. The maximum Gasteiger partial charge on any atom is 0.336 e. The highest BCUT2D eigenvalue weighted by Crippen LogP contribution is 2.36. The van der Waals surface area contributed by atoms with Crippen molar-refractivity contribution >= 4 is 23.5 Å². The number of rotatable bonds is 11. The molecule has 1 rings (SSSR count). The first kappa shape index (κ1) is 26.3. The summed E-state index contributed by atoms with van der Waals surface area (Å²) in [4.78, 5) is 25.0. The molecule has 168 valence electrons. The van der Waals surface area contributed by atoms with Gasteiger partial charge in [-0.25, -0.2) is 9.18 Å². The number of carbonyl (C=O) groups excluding carboxylic acids is 2. The topological polar surface area (TPSA) is 64.6 Å². The fourth-order valence-electron chi connectivity index (χ4n) is 3.05. The van der Waals surface area contributed by atoms with Gasteiger partial charge in [0.1, 0.15) is 12.4 Å². The highest BCUT2D eigenvalue weighted by Gasteiger charge is 2.36. The number of methoxy groups -OCH3 is 1. The molecule has 0 saturated heterocycles. The van der Waals surface area contributed by atoms with Crippen molar-refractivity contribution in [1.82, 2.24) is 5.32 Å². The Bertz CT molecular complexity index is 852. The lowest BCUT2D eigenvalue weighted by Gasteiger charge is -2.30. The Kier molecular flexibility index (Phi) is 11.5. The van der Waals surface area contributed by atoms with Crippen LogP contribution in [0.2, 0.25) is 0 Å². The molecule has 0 aromatic carbocycles. The summed E-state index contributed by atoms with van der Waals surface area (Å²) in [5.74, 6) is -2.21. The Morgan fingerprint density at radius 3 is 2.71 bits per heavy atom. The molecular weight excluding hydrogens is 421 g/mol. The van der Waals surface area contributed by atoms with Crippen LogP contribution in [0.4, 0.5) is 4.39 Å². The van der Waals surface area contributed by atoms with Crippen molar-refractivity contribution in [2.75, 3.05) is 20.3 Å². The second kappa shape index (κ2) is 13.6. The van der Waals surface area contributed by atoms with E-state index in [-0.39, 0.29) is 24.9 Å². The van der Waals surface area contributed by atoms with Gasteiger partial charge in [0.2, 0.25) is 5.91 Å². The van der Waals surface area contributed by atoms with E-state index in [9.17, 15) is 14.0 Å². The van der Waals surface area contributed by atoms with Crippen LogP contribution in [0.15, 0.2) is 83.4 Å². The summed E-state index contributed by atoms with van der Waals surface area (Å²) in [5.41, 5.74) is 1.52. The van der Waals surface area contributed by atoms with Crippen molar-refractivity contribution in [3.63, 3.8) is 0 Å². The highest BCUT2D eigenvalue weighted by atomic mass is 35.5. The molecule has 1 amide bonds. The Balaban J connectivity index is 3.06. The zero-order chi connectivity index (χ0) is 23.4. The molecule has 5 nitrogen and oxygen atoms in total. The third-order valence-corrected chi connectivity index (χ3v) is 5.06. The van der Waals surface area contributed by atoms with Crippen molar-refractivity contribution in [3.8, 4) is 0 Å². The molecule has 2 atom stereocenters. The van der Waals surface area contributed by atoms with Crippen LogP contribution in [-0.4, -0.2) is 32.2 Å². The highest BCUT2D eigenvalue weighted by molar-refractivity contribution is 6.30. The first-order chi connectivity index (χ1) is 14.7. The molecule has 0 spiro atoms. The number of ether oxygens (including phenoxy) is 2. The number of nitrogens with one attached hydrogen (secondary N) is 1. The van der Waals surface area contributed by atoms with Gasteiger partial charge in [-0.1, -0.05) is 62.1 Å². The van der Waals surface area contributed by atoms with Gasteiger partial charge in [-0.05, 0) is 30.6 Å². The number of carbonyl (C=O) groups is 2. The van der Waals surface area contributed by atoms with E-state index < -0.39 is 17.7 Å². The van der Waals surface area contributed by atoms with Crippen LogP contribution in [-0.2, 0) is 19.1 Å². The summed E-state index contributed by atoms with van der Waals surface area (Å²) >= 11 is 6.36. The summed E-state index contributed by atoms with van der Waals surface area (Å²) in [6.07, 6.45) is 11.1. The molecule has 2 unspecified atom stereocenters. The third-order valence-electron chi connectivity index (χ3n) is 4.59. The maximum atomic E-state index is 12.9. The fourth-order valence-corrected chi connectivity index (χ4v) is 3.28. The van der Waals surface area contributed by atoms with Gasteiger partial charge in [-0.2, -0.15) is 0 Å². The largest absolute Gasteiger partial charge is 0.457 e. The second-order valence-corrected chi connectivity index (χ2v) is 7.39. The van der Waals surface area contributed by atoms with E-state index in [0.717, 1.165) is 5.57 Å². The lowest BCUT2D eigenvalue weighted by Crippen LogP contribution is -2.37. The number of hydrogen-bond donors (Lipinski definition) is 1. The molecule has 0 aromatic heterocycles. The molecule has 0 aromatic rings. The minimum atomic E-state index is -0.603. The lowest BCUT2D eigenvalue weighted by molar-refractivity contribution is -0.139. The van der Waals surface area contributed by atoms with Gasteiger partial charge in [-0.3, -0.25) is 4.79 Å². The summed E-state index contributed by atoms with van der Waals surface area (Å²) in [5, 5.41) is 3.07. The SMILES string of the molecule is C=C/C=C(\C=C/COC)COC(=O)C1=C(C)NC(=O)CC1C(C)/C(Cl)=C\C=C/C(=C)F. The number of esters is 1. The summed E-state index contributed by atoms with van der Waals surface area (Å²) in [6.45, 7) is 10.7. The van der Waals surface area contributed by atoms with Crippen LogP contribution < -0.4 is 5.32 Å². The van der Waals surface area contributed by atoms with Crippen LogP contribution in [0.3, 0.4) is 0 Å². The predicted octanol–water partition coefficient (Wildman–Crippen LogP) is 5.05. The molecule has 1 heterocycles. The van der Waals surface area contributed by atoms with Gasteiger partial charge in [0, 0.05) is 30.2 Å². The van der Waals surface area contributed by atoms with Crippen molar-refractivity contribution in [3.05, 3.63) is 83.4 Å². The van der Waals surface area contributed by atoms with E-state index in [1.165, 1.54) is 18.2 Å². The zero-order valence-corrected chi connectivity index (χ0v) is 18.9. The van der Waals surface area contributed by atoms with Crippen LogP contribution in [0.25, 0.3) is 0 Å². The van der Waals surface area contributed by atoms with Crippen LogP contribution >= 0.6 is 11.6 Å². The van der Waals surface area contributed by atoms with Gasteiger partial charge in [0.25, 0.3) is 0 Å². The molecular formula is C24H29ClFNO4. The average Bonchev–Trinajstić information content (AvgIpc) is 2.70. The van der Waals surface area contributed by atoms with E-state index in [0.29, 0.717) is 22.9 Å². The van der Waals surface area contributed by atoms with Crippen LogP contribution in [0, 0.1) is 11.8 Å². The smallest absolute Gasteiger partial charge is 0.336 e. The van der Waals surface area contributed by atoms with E-state index in [2.05, 4.69) is 18.5 Å². The van der Waals surface area contributed by atoms with E-state index in [1.54, 1.807) is 45.3 Å². The Morgan fingerprint density at radius 2 is 2.10 bits per heavy atom. The predicted molar refractivity (Wildman–Crippen MR) is 122 cm³/mol. The zero-order valence-electron chi connectivity index (χ0n) is 18.1. The molecule has 31 heavy (non-hydrogen) atoms. The first-order valence-electron chi connectivity index (χ1n) is 9.74. The molecule has 0 bridgehead atoms. The van der Waals surface area contributed by atoms with Gasteiger partial charge in [0.05, 0.1) is 12.2 Å². The Morgan fingerprint density at radius 1 is 1.39 bits per heavy atom. The second-order valence-electron chi connectivity index (χ2n) is 6.95. The molecule has 1 aliphatic heterocycles. The van der Waals surface area contributed by atoms with Crippen LogP contribution in [0.1, 0.15) is 20.3 Å². The maximum absolute atomic E-state index is 12.9. The summed E-state index contributed by atoms with van der Waals surface area (Å²) in [6, 6.07) is 0. The Labute approximate surface area is 188 Å².